The molecule has 0 spiro atoms. The Morgan fingerprint density at radius 2 is 1.84 bits per heavy atom. The monoisotopic (exact) mass is 362 g/mol. The molecule has 0 aromatic heterocycles. The van der Waals surface area contributed by atoms with Gasteiger partial charge in [0, 0.05) is 4.83 Å². The average molecular weight is 364 g/mol. The molecule has 1 saturated carbocycles. The summed E-state index contributed by atoms with van der Waals surface area (Å²) in [4.78, 5) is 0.548. The summed E-state index contributed by atoms with van der Waals surface area (Å²) in [5.74, 6) is 0.961. The zero-order chi connectivity index (χ0) is 13.7. The fourth-order valence-corrected chi connectivity index (χ4v) is 3.88. The van der Waals surface area contributed by atoms with Gasteiger partial charge in [0.05, 0.1) is 10.0 Å². The van der Waals surface area contributed by atoms with E-state index in [0.29, 0.717) is 14.9 Å². The Morgan fingerprint density at radius 3 is 2.53 bits per heavy atom. The van der Waals surface area contributed by atoms with E-state index in [-0.39, 0.29) is 0 Å². The van der Waals surface area contributed by atoms with E-state index in [1.807, 2.05) is 12.1 Å². The maximum absolute atomic E-state index is 6.05. The molecule has 1 aromatic carbocycles. The van der Waals surface area contributed by atoms with Crippen molar-refractivity contribution in [2.45, 2.75) is 56.2 Å². The van der Waals surface area contributed by atoms with Crippen LogP contribution in [0, 0.1) is 5.92 Å². The van der Waals surface area contributed by atoms with E-state index in [1.165, 1.54) is 50.5 Å². The van der Waals surface area contributed by atoms with Crippen LogP contribution in [0.25, 0.3) is 0 Å². The fraction of sp³-hybridized carbons (Fsp3) is 0.625. The average Bonchev–Trinajstić information content (AvgIpc) is 2.42. The van der Waals surface area contributed by atoms with E-state index >= 15 is 0 Å². The molecule has 1 atom stereocenters. The van der Waals surface area contributed by atoms with Crippen LogP contribution in [0.4, 0.5) is 0 Å². The normalized spacial score (nSPS) is 18.5. The Morgan fingerprint density at radius 1 is 1.11 bits per heavy atom. The SMILES string of the molecule is Clc1ccc(CC(Br)CCC2CCCCC2)cc1Cl. The predicted octanol–water partition coefficient (Wildman–Crippen LogP) is 6.66. The Kier molecular flexibility index (Phi) is 6.52. The second-order valence-electron chi connectivity index (χ2n) is 5.63. The molecule has 1 aliphatic rings. The molecular weight excluding hydrogens is 343 g/mol. The van der Waals surface area contributed by atoms with Crippen LogP contribution in [0.2, 0.25) is 10.0 Å². The van der Waals surface area contributed by atoms with Crippen molar-refractivity contribution in [1.82, 2.24) is 0 Å². The molecule has 0 nitrogen and oxygen atoms in total. The van der Waals surface area contributed by atoms with Crippen LogP contribution in [0.15, 0.2) is 18.2 Å². The minimum Gasteiger partial charge on any atom is -0.0887 e. The highest BCUT2D eigenvalue weighted by molar-refractivity contribution is 9.09. The minimum absolute atomic E-state index is 0.548. The lowest BCUT2D eigenvalue weighted by atomic mass is 9.85. The molecule has 0 bridgehead atoms. The highest BCUT2D eigenvalue weighted by Crippen LogP contribution is 2.30. The summed E-state index contributed by atoms with van der Waals surface area (Å²) in [7, 11) is 0. The Labute approximate surface area is 135 Å². The molecule has 19 heavy (non-hydrogen) atoms. The largest absolute Gasteiger partial charge is 0.0887 e. The van der Waals surface area contributed by atoms with Crippen LogP contribution < -0.4 is 0 Å². The Balaban J connectivity index is 1.76. The number of halogens is 3. The maximum Gasteiger partial charge on any atom is 0.0595 e. The van der Waals surface area contributed by atoms with Crippen molar-refractivity contribution in [3.8, 4) is 0 Å². The first-order valence-electron chi connectivity index (χ1n) is 7.23. The number of hydrogen-bond acceptors (Lipinski definition) is 0. The second kappa shape index (κ2) is 7.90. The third-order valence-electron chi connectivity index (χ3n) is 4.05. The van der Waals surface area contributed by atoms with E-state index in [4.69, 9.17) is 23.2 Å². The van der Waals surface area contributed by atoms with Crippen molar-refractivity contribution in [3.63, 3.8) is 0 Å². The number of alkyl halides is 1. The summed E-state index contributed by atoms with van der Waals surface area (Å²) < 4.78 is 0. The zero-order valence-electron chi connectivity index (χ0n) is 11.2. The highest BCUT2D eigenvalue weighted by Gasteiger charge is 2.15. The Hall–Kier alpha value is 0.280. The summed E-state index contributed by atoms with van der Waals surface area (Å²) in [6.45, 7) is 0. The quantitative estimate of drug-likeness (QED) is 0.513. The van der Waals surface area contributed by atoms with E-state index in [0.717, 1.165) is 12.3 Å². The van der Waals surface area contributed by atoms with Crippen LogP contribution in [0.5, 0.6) is 0 Å². The molecule has 3 heteroatoms. The standard InChI is InChI=1S/C16H21BrCl2/c17-14(8-6-12-4-2-1-3-5-12)10-13-7-9-15(18)16(19)11-13/h7,9,11-12,14H,1-6,8,10H2. The third-order valence-corrected chi connectivity index (χ3v) is 5.57. The summed E-state index contributed by atoms with van der Waals surface area (Å²) in [6, 6.07) is 5.95. The van der Waals surface area contributed by atoms with Gasteiger partial charge in [0.15, 0.2) is 0 Å². The van der Waals surface area contributed by atoms with E-state index in [1.54, 1.807) is 0 Å². The van der Waals surface area contributed by atoms with Crippen molar-refractivity contribution in [2.24, 2.45) is 5.92 Å². The summed E-state index contributed by atoms with van der Waals surface area (Å²) >= 11 is 15.8. The van der Waals surface area contributed by atoms with E-state index < -0.39 is 0 Å². The Bertz CT molecular complexity index is 400. The second-order valence-corrected chi connectivity index (χ2v) is 7.74. The van der Waals surface area contributed by atoms with Crippen molar-refractivity contribution in [2.75, 3.05) is 0 Å². The van der Waals surface area contributed by atoms with Crippen molar-refractivity contribution < 1.29 is 0 Å². The van der Waals surface area contributed by atoms with Gasteiger partial charge in [-0.2, -0.15) is 0 Å². The molecule has 2 rings (SSSR count). The number of benzene rings is 1. The van der Waals surface area contributed by atoms with Gasteiger partial charge in [-0.3, -0.25) is 0 Å². The molecule has 0 heterocycles. The fourth-order valence-electron chi connectivity index (χ4n) is 2.92. The first-order valence-corrected chi connectivity index (χ1v) is 8.90. The number of hydrogen-bond donors (Lipinski definition) is 0. The van der Waals surface area contributed by atoms with Crippen LogP contribution in [0.1, 0.15) is 50.5 Å². The lowest BCUT2D eigenvalue weighted by molar-refractivity contribution is 0.331. The van der Waals surface area contributed by atoms with Crippen molar-refractivity contribution in [1.29, 1.82) is 0 Å². The van der Waals surface area contributed by atoms with Gasteiger partial charge in [-0.1, -0.05) is 77.3 Å². The molecule has 106 valence electrons. The minimum atomic E-state index is 0.548. The van der Waals surface area contributed by atoms with Crippen LogP contribution in [0.3, 0.4) is 0 Å². The molecule has 1 fully saturated rings. The van der Waals surface area contributed by atoms with Crippen molar-refractivity contribution >= 4 is 39.1 Å². The lowest BCUT2D eigenvalue weighted by Crippen LogP contribution is -2.10. The first kappa shape index (κ1) is 15.7. The molecule has 0 N–H and O–H groups in total. The van der Waals surface area contributed by atoms with Crippen molar-refractivity contribution in [3.05, 3.63) is 33.8 Å². The highest BCUT2D eigenvalue weighted by atomic mass is 79.9. The van der Waals surface area contributed by atoms with Crippen LogP contribution in [-0.4, -0.2) is 4.83 Å². The summed E-state index contributed by atoms with van der Waals surface area (Å²) in [6.07, 6.45) is 10.8. The van der Waals surface area contributed by atoms with Gasteiger partial charge in [-0.05, 0) is 42.9 Å². The first-order chi connectivity index (χ1) is 9.15. The lowest BCUT2D eigenvalue weighted by Gasteiger charge is -2.22. The van der Waals surface area contributed by atoms with Gasteiger partial charge in [-0.25, -0.2) is 0 Å². The van der Waals surface area contributed by atoms with E-state index in [9.17, 15) is 0 Å². The zero-order valence-corrected chi connectivity index (χ0v) is 14.3. The van der Waals surface area contributed by atoms with Crippen LogP contribution in [-0.2, 0) is 6.42 Å². The summed E-state index contributed by atoms with van der Waals surface area (Å²) in [5, 5.41) is 1.30. The van der Waals surface area contributed by atoms with Gasteiger partial charge < -0.3 is 0 Å². The van der Waals surface area contributed by atoms with E-state index in [2.05, 4.69) is 22.0 Å². The molecular formula is C16H21BrCl2. The third kappa shape index (κ3) is 5.28. The molecule has 0 saturated heterocycles. The number of rotatable bonds is 5. The van der Waals surface area contributed by atoms with Gasteiger partial charge in [0.1, 0.15) is 0 Å². The molecule has 0 amide bonds. The topological polar surface area (TPSA) is 0 Å². The molecule has 0 aliphatic heterocycles. The molecule has 1 aromatic rings. The van der Waals surface area contributed by atoms with Crippen LogP contribution >= 0.6 is 39.1 Å². The van der Waals surface area contributed by atoms with Gasteiger partial charge >= 0.3 is 0 Å². The van der Waals surface area contributed by atoms with Gasteiger partial charge in [0.2, 0.25) is 0 Å². The molecule has 0 radical (unpaired) electrons. The summed E-state index contributed by atoms with van der Waals surface area (Å²) in [5.41, 5.74) is 1.26. The van der Waals surface area contributed by atoms with Gasteiger partial charge in [0.25, 0.3) is 0 Å². The van der Waals surface area contributed by atoms with Gasteiger partial charge in [-0.15, -0.1) is 0 Å². The molecule has 1 unspecified atom stereocenters. The molecule has 1 aliphatic carbocycles. The maximum atomic E-state index is 6.05. The smallest absolute Gasteiger partial charge is 0.0595 e. The predicted molar refractivity (Wildman–Crippen MR) is 88.7 cm³/mol.